The van der Waals surface area contributed by atoms with Crippen LogP contribution in [0, 0.1) is 13.8 Å². The smallest absolute Gasteiger partial charge is 0.315 e. The average molecular weight is 363 g/mol. The Hall–Kier alpha value is -1.89. The van der Waals surface area contributed by atoms with Crippen molar-refractivity contribution in [2.45, 2.75) is 56.9 Å². The number of carbonyl (C=O) groups is 2. The highest BCUT2D eigenvalue weighted by atomic mass is 32.2. The number of fused-ring (bicyclic) bond motifs is 1. The number of thioether (sulfide) groups is 1. The summed E-state index contributed by atoms with van der Waals surface area (Å²) in [6.45, 7) is 3.68. The van der Waals surface area contributed by atoms with E-state index < -0.39 is 0 Å². The zero-order valence-electron chi connectivity index (χ0n) is 14.6. The summed E-state index contributed by atoms with van der Waals surface area (Å²) in [7, 11) is 0. The van der Waals surface area contributed by atoms with E-state index in [2.05, 4.69) is 16.0 Å². The first-order valence-corrected chi connectivity index (χ1v) is 9.77. The van der Waals surface area contributed by atoms with E-state index in [9.17, 15) is 14.7 Å². The summed E-state index contributed by atoms with van der Waals surface area (Å²) in [6.07, 6.45) is 3.30. The Morgan fingerprint density at radius 1 is 1.28 bits per heavy atom. The molecule has 2 aliphatic rings. The van der Waals surface area contributed by atoms with Crippen molar-refractivity contribution in [1.29, 1.82) is 0 Å². The van der Waals surface area contributed by atoms with Gasteiger partial charge in [0.1, 0.15) is 5.75 Å². The SMILES string of the molecule is Cc1cc(NC(=O)CCCC[C@@H]2SC[C@@H]3NC(=O)N[C@@H]32)c(C)cc1O. The maximum atomic E-state index is 12.1. The van der Waals surface area contributed by atoms with Gasteiger partial charge < -0.3 is 21.1 Å². The minimum atomic E-state index is -0.0563. The number of anilines is 1. The van der Waals surface area contributed by atoms with Gasteiger partial charge in [0, 0.05) is 23.1 Å². The first-order valence-electron chi connectivity index (χ1n) is 8.72. The standard InChI is InChI=1S/C18H25N3O3S/c1-10-8-14(22)11(2)7-12(10)19-16(23)6-4-3-5-15-17-13(9-25-15)20-18(24)21-17/h7-8,13,15,17,22H,3-6,9H2,1-2H3,(H,19,23)(H2,20,21,24)/t13-,15-,17-/m0/s1. The summed E-state index contributed by atoms with van der Waals surface area (Å²) >= 11 is 1.90. The number of amides is 3. The predicted octanol–water partition coefficient (Wildman–Crippen LogP) is 2.67. The Morgan fingerprint density at radius 2 is 2.08 bits per heavy atom. The van der Waals surface area contributed by atoms with Gasteiger partial charge in [0.25, 0.3) is 0 Å². The maximum Gasteiger partial charge on any atom is 0.315 e. The third-order valence-electron chi connectivity index (χ3n) is 4.90. The van der Waals surface area contributed by atoms with Gasteiger partial charge in [0.15, 0.2) is 0 Å². The Balaban J connectivity index is 1.40. The Labute approximate surface area is 152 Å². The lowest BCUT2D eigenvalue weighted by Gasteiger charge is -2.16. The highest BCUT2D eigenvalue weighted by Gasteiger charge is 2.42. The lowest BCUT2D eigenvalue weighted by atomic mass is 10.0. The summed E-state index contributed by atoms with van der Waals surface area (Å²) in [5.41, 5.74) is 2.37. The number of nitrogens with one attached hydrogen (secondary N) is 3. The molecule has 4 N–H and O–H groups in total. The van der Waals surface area contributed by atoms with E-state index in [0.29, 0.717) is 11.7 Å². The van der Waals surface area contributed by atoms with E-state index in [0.717, 1.165) is 41.8 Å². The zero-order valence-corrected chi connectivity index (χ0v) is 15.4. The van der Waals surface area contributed by atoms with Crippen LogP contribution in [-0.4, -0.2) is 40.1 Å². The summed E-state index contributed by atoms with van der Waals surface area (Å²) in [5, 5.41) is 19.0. The van der Waals surface area contributed by atoms with Gasteiger partial charge >= 0.3 is 6.03 Å². The Bertz CT molecular complexity index is 680. The van der Waals surface area contributed by atoms with Crippen LogP contribution in [-0.2, 0) is 4.79 Å². The van der Waals surface area contributed by atoms with Crippen molar-refractivity contribution in [2.75, 3.05) is 11.1 Å². The molecule has 0 spiro atoms. The fourth-order valence-corrected chi connectivity index (χ4v) is 4.97. The molecule has 0 aliphatic carbocycles. The second kappa shape index (κ2) is 7.56. The second-order valence-corrected chi connectivity index (χ2v) is 8.14. The van der Waals surface area contributed by atoms with Crippen LogP contribution in [0.25, 0.3) is 0 Å². The van der Waals surface area contributed by atoms with Crippen LogP contribution < -0.4 is 16.0 Å². The molecule has 2 heterocycles. The van der Waals surface area contributed by atoms with Crippen LogP contribution in [0.4, 0.5) is 10.5 Å². The number of hydrogen-bond acceptors (Lipinski definition) is 4. The van der Waals surface area contributed by atoms with E-state index in [1.54, 1.807) is 12.1 Å². The number of rotatable bonds is 6. The molecule has 0 aromatic heterocycles. The van der Waals surface area contributed by atoms with Crippen molar-refractivity contribution in [3.63, 3.8) is 0 Å². The largest absolute Gasteiger partial charge is 0.508 e. The van der Waals surface area contributed by atoms with Crippen LogP contribution in [0.5, 0.6) is 5.75 Å². The summed E-state index contributed by atoms with van der Waals surface area (Å²) in [5.74, 6) is 1.21. The number of phenols is 1. The van der Waals surface area contributed by atoms with E-state index in [1.165, 1.54) is 0 Å². The molecule has 1 aromatic rings. The van der Waals surface area contributed by atoms with Crippen molar-refractivity contribution in [2.24, 2.45) is 0 Å². The zero-order chi connectivity index (χ0) is 18.0. The molecule has 6 nitrogen and oxygen atoms in total. The Morgan fingerprint density at radius 3 is 2.88 bits per heavy atom. The molecule has 2 aliphatic heterocycles. The van der Waals surface area contributed by atoms with Crippen molar-refractivity contribution in [3.05, 3.63) is 23.3 Å². The van der Waals surface area contributed by atoms with Crippen LogP contribution in [0.3, 0.4) is 0 Å². The number of unbranched alkanes of at least 4 members (excludes halogenated alkanes) is 1. The summed E-state index contributed by atoms with van der Waals surface area (Å²) in [4.78, 5) is 23.5. The molecule has 7 heteroatoms. The molecule has 3 rings (SSSR count). The van der Waals surface area contributed by atoms with Gasteiger partial charge in [-0.2, -0.15) is 11.8 Å². The quantitative estimate of drug-likeness (QED) is 0.355. The van der Waals surface area contributed by atoms with Crippen LogP contribution >= 0.6 is 11.8 Å². The molecule has 1 aromatic carbocycles. The number of benzene rings is 1. The molecule has 0 bridgehead atoms. The number of carbonyl (C=O) groups excluding carboxylic acids is 2. The molecule has 2 fully saturated rings. The van der Waals surface area contributed by atoms with Gasteiger partial charge in [-0.15, -0.1) is 0 Å². The molecular formula is C18H25N3O3S. The van der Waals surface area contributed by atoms with Crippen molar-refractivity contribution in [1.82, 2.24) is 10.6 Å². The lowest BCUT2D eigenvalue weighted by Crippen LogP contribution is -2.36. The van der Waals surface area contributed by atoms with Crippen LogP contribution in [0.15, 0.2) is 12.1 Å². The van der Waals surface area contributed by atoms with Gasteiger partial charge in [-0.05, 0) is 49.9 Å². The van der Waals surface area contributed by atoms with Gasteiger partial charge in [-0.3, -0.25) is 4.79 Å². The molecule has 0 saturated carbocycles. The number of aromatic hydroxyl groups is 1. The van der Waals surface area contributed by atoms with Crippen LogP contribution in [0.1, 0.15) is 36.8 Å². The molecule has 136 valence electrons. The minimum Gasteiger partial charge on any atom is -0.508 e. The molecular weight excluding hydrogens is 338 g/mol. The van der Waals surface area contributed by atoms with E-state index in [-0.39, 0.29) is 29.8 Å². The Kier molecular flexibility index (Phi) is 5.42. The van der Waals surface area contributed by atoms with E-state index in [4.69, 9.17) is 0 Å². The molecule has 25 heavy (non-hydrogen) atoms. The number of hydrogen-bond donors (Lipinski definition) is 4. The summed E-state index contributed by atoms with van der Waals surface area (Å²) < 4.78 is 0. The van der Waals surface area contributed by atoms with Gasteiger partial charge in [-0.25, -0.2) is 4.79 Å². The van der Waals surface area contributed by atoms with Gasteiger partial charge in [0.2, 0.25) is 5.91 Å². The molecule has 0 unspecified atom stereocenters. The molecule has 0 radical (unpaired) electrons. The van der Waals surface area contributed by atoms with Crippen molar-refractivity contribution < 1.29 is 14.7 Å². The third kappa shape index (κ3) is 4.21. The molecule has 3 atom stereocenters. The van der Waals surface area contributed by atoms with Crippen LogP contribution in [0.2, 0.25) is 0 Å². The fourth-order valence-electron chi connectivity index (χ4n) is 3.42. The minimum absolute atomic E-state index is 0.000905. The van der Waals surface area contributed by atoms with E-state index >= 15 is 0 Å². The monoisotopic (exact) mass is 363 g/mol. The first kappa shape index (κ1) is 17.9. The predicted molar refractivity (Wildman–Crippen MR) is 100 cm³/mol. The lowest BCUT2D eigenvalue weighted by molar-refractivity contribution is -0.116. The number of phenolic OH excluding ortho intramolecular Hbond substituents is 1. The fraction of sp³-hybridized carbons (Fsp3) is 0.556. The molecule has 3 amide bonds. The van der Waals surface area contributed by atoms with Gasteiger partial charge in [0.05, 0.1) is 12.1 Å². The normalized spacial score (nSPS) is 24.6. The van der Waals surface area contributed by atoms with Crippen molar-refractivity contribution >= 4 is 29.4 Å². The topological polar surface area (TPSA) is 90.5 Å². The van der Waals surface area contributed by atoms with Gasteiger partial charge in [-0.1, -0.05) is 6.42 Å². The third-order valence-corrected chi connectivity index (χ3v) is 6.41. The highest BCUT2D eigenvalue weighted by molar-refractivity contribution is 8.00. The average Bonchev–Trinajstić information content (AvgIpc) is 3.09. The van der Waals surface area contributed by atoms with Crippen molar-refractivity contribution in [3.8, 4) is 5.75 Å². The maximum absolute atomic E-state index is 12.1. The highest BCUT2D eigenvalue weighted by Crippen LogP contribution is 2.33. The van der Waals surface area contributed by atoms with E-state index in [1.807, 2.05) is 25.6 Å². The summed E-state index contributed by atoms with van der Waals surface area (Å²) in [6, 6.07) is 3.90. The first-order chi connectivity index (χ1) is 11.9. The molecule has 2 saturated heterocycles. The number of aryl methyl sites for hydroxylation is 2. The second-order valence-electron chi connectivity index (χ2n) is 6.87. The number of urea groups is 1.